The topological polar surface area (TPSA) is 79.4 Å². The third-order valence-electron chi connectivity index (χ3n) is 5.05. The maximum absolute atomic E-state index is 13.1. The quantitative estimate of drug-likeness (QED) is 0.856. The number of likely N-dealkylation sites (tertiary alicyclic amines) is 1. The van der Waals surface area contributed by atoms with Crippen molar-refractivity contribution in [1.82, 2.24) is 25.7 Å². The minimum absolute atomic E-state index is 0.129. The molecule has 2 saturated heterocycles. The van der Waals surface area contributed by atoms with Crippen molar-refractivity contribution in [3.05, 3.63) is 48.2 Å². The van der Waals surface area contributed by atoms with Crippen molar-refractivity contribution >= 4 is 5.91 Å². The predicted octanol–water partition coefficient (Wildman–Crippen LogP) is 1.98. The molecule has 27 heavy (non-hydrogen) atoms. The lowest BCUT2D eigenvalue weighted by molar-refractivity contribution is -0.134. The summed E-state index contributed by atoms with van der Waals surface area (Å²) < 4.78 is 18.9. The van der Waals surface area contributed by atoms with E-state index in [1.54, 1.807) is 24.5 Å². The monoisotopic (exact) mass is 371 g/mol. The van der Waals surface area contributed by atoms with E-state index in [0.717, 1.165) is 31.5 Å². The first-order valence-corrected chi connectivity index (χ1v) is 9.22. The number of rotatable bonds is 4. The Labute approximate surface area is 156 Å². The molecular weight excluding hydrogens is 349 g/mol. The number of hydrogen-bond acceptors (Lipinski definition) is 6. The smallest absolute Gasteiger partial charge is 0.241 e. The van der Waals surface area contributed by atoms with Gasteiger partial charge in [0, 0.05) is 37.9 Å². The van der Waals surface area contributed by atoms with Crippen LogP contribution in [0.5, 0.6) is 11.6 Å². The summed E-state index contributed by atoms with van der Waals surface area (Å²) >= 11 is 0. The van der Waals surface area contributed by atoms with Crippen LogP contribution in [0.4, 0.5) is 4.39 Å². The first-order chi connectivity index (χ1) is 13.2. The van der Waals surface area contributed by atoms with Gasteiger partial charge in [-0.05, 0) is 43.5 Å². The highest BCUT2D eigenvalue weighted by molar-refractivity contribution is 5.82. The van der Waals surface area contributed by atoms with Crippen molar-refractivity contribution in [2.75, 3.05) is 19.6 Å². The molecule has 0 aliphatic carbocycles. The molecule has 0 saturated carbocycles. The van der Waals surface area contributed by atoms with E-state index in [1.165, 1.54) is 12.1 Å². The van der Waals surface area contributed by atoms with Crippen LogP contribution in [0.15, 0.2) is 36.7 Å². The van der Waals surface area contributed by atoms with E-state index in [9.17, 15) is 9.18 Å². The fraction of sp³-hybridized carbons (Fsp3) is 0.421. The molecule has 2 aromatic rings. The number of aromatic nitrogens is 2. The molecule has 0 bridgehead atoms. The molecule has 2 aliphatic heterocycles. The Kier molecular flexibility index (Phi) is 5.26. The number of hydrogen-bond donors (Lipinski definition) is 2. The van der Waals surface area contributed by atoms with Gasteiger partial charge >= 0.3 is 0 Å². The largest absolute Gasteiger partial charge is 0.437 e. The van der Waals surface area contributed by atoms with Crippen LogP contribution in [0.3, 0.4) is 0 Å². The predicted molar refractivity (Wildman–Crippen MR) is 96.6 cm³/mol. The molecule has 0 spiro atoms. The van der Waals surface area contributed by atoms with Crippen LogP contribution in [0.1, 0.15) is 30.9 Å². The van der Waals surface area contributed by atoms with Crippen molar-refractivity contribution in [2.45, 2.75) is 31.2 Å². The van der Waals surface area contributed by atoms with Crippen LogP contribution >= 0.6 is 0 Å². The third kappa shape index (κ3) is 4.06. The number of halogens is 1. The maximum Gasteiger partial charge on any atom is 0.241 e. The lowest BCUT2D eigenvalue weighted by Crippen LogP contribution is -2.48. The van der Waals surface area contributed by atoms with Gasteiger partial charge in [-0.25, -0.2) is 14.8 Å². The lowest BCUT2D eigenvalue weighted by Gasteiger charge is -2.33. The van der Waals surface area contributed by atoms with E-state index >= 15 is 0 Å². The number of carbonyl (C=O) groups is 1. The maximum atomic E-state index is 13.1. The van der Waals surface area contributed by atoms with E-state index in [4.69, 9.17) is 4.74 Å². The molecule has 8 heteroatoms. The number of benzene rings is 1. The van der Waals surface area contributed by atoms with Crippen LogP contribution in [0, 0.1) is 5.82 Å². The number of amides is 1. The average Bonchev–Trinajstić information content (AvgIpc) is 3.25. The van der Waals surface area contributed by atoms with Gasteiger partial charge in [-0.2, -0.15) is 0 Å². The van der Waals surface area contributed by atoms with Gasteiger partial charge in [0.15, 0.2) is 0 Å². The van der Waals surface area contributed by atoms with Gasteiger partial charge < -0.3 is 9.64 Å². The Bertz CT molecular complexity index is 787. The molecule has 1 unspecified atom stereocenters. The van der Waals surface area contributed by atoms with Crippen LogP contribution in [-0.4, -0.2) is 46.5 Å². The summed E-state index contributed by atoms with van der Waals surface area (Å²) in [4.78, 5) is 23.2. The van der Waals surface area contributed by atoms with E-state index in [1.807, 2.05) is 4.90 Å². The molecule has 0 radical (unpaired) electrons. The van der Waals surface area contributed by atoms with E-state index in [-0.39, 0.29) is 23.7 Å². The van der Waals surface area contributed by atoms with Gasteiger partial charge in [-0.3, -0.25) is 15.2 Å². The van der Waals surface area contributed by atoms with E-state index in [0.29, 0.717) is 24.7 Å². The first kappa shape index (κ1) is 17.8. The van der Waals surface area contributed by atoms with Crippen LogP contribution in [0.2, 0.25) is 0 Å². The van der Waals surface area contributed by atoms with Crippen LogP contribution in [-0.2, 0) is 4.79 Å². The summed E-state index contributed by atoms with van der Waals surface area (Å²) in [5, 5.41) is 0. The van der Waals surface area contributed by atoms with E-state index < -0.39 is 0 Å². The molecule has 4 rings (SSSR count). The Hall–Kier alpha value is -2.58. The minimum Gasteiger partial charge on any atom is -0.437 e. The molecule has 1 amide bonds. The Morgan fingerprint density at radius 3 is 2.56 bits per heavy atom. The standard InChI is InChI=1S/C19H22FN5O2/c20-14-1-3-15(4-2-14)27-18-17(21-9-10-22-18)13-6-11-25(12-7-13)19(26)16-5-8-23-24-16/h1-4,9-10,13,16,23-24H,5-8,11-12H2. The first-order valence-electron chi connectivity index (χ1n) is 9.22. The van der Waals surface area contributed by atoms with Gasteiger partial charge in [-0.15, -0.1) is 0 Å². The number of nitrogens with zero attached hydrogens (tertiary/aromatic N) is 3. The van der Waals surface area contributed by atoms with Crippen LogP contribution in [0.25, 0.3) is 0 Å². The Balaban J connectivity index is 1.42. The van der Waals surface area contributed by atoms with Crippen LogP contribution < -0.4 is 15.6 Å². The summed E-state index contributed by atoms with van der Waals surface area (Å²) in [6, 6.07) is 5.70. The number of nitrogens with one attached hydrogen (secondary N) is 2. The molecular formula is C19H22FN5O2. The highest BCUT2D eigenvalue weighted by atomic mass is 19.1. The van der Waals surface area contributed by atoms with Crippen molar-refractivity contribution < 1.29 is 13.9 Å². The summed E-state index contributed by atoms with van der Waals surface area (Å²) in [7, 11) is 0. The molecule has 1 atom stereocenters. The van der Waals surface area contributed by atoms with Gasteiger partial charge in [0.25, 0.3) is 0 Å². The second kappa shape index (κ2) is 7.98. The number of hydrazine groups is 1. The summed E-state index contributed by atoms with van der Waals surface area (Å²) in [6.45, 7) is 2.19. The highest BCUT2D eigenvalue weighted by Crippen LogP contribution is 2.33. The Morgan fingerprint density at radius 2 is 1.85 bits per heavy atom. The van der Waals surface area contributed by atoms with Gasteiger partial charge in [-0.1, -0.05) is 0 Å². The fourth-order valence-electron chi connectivity index (χ4n) is 3.57. The van der Waals surface area contributed by atoms with Crippen molar-refractivity contribution in [2.24, 2.45) is 0 Å². The fourth-order valence-corrected chi connectivity index (χ4v) is 3.57. The van der Waals surface area contributed by atoms with Gasteiger partial charge in [0.2, 0.25) is 11.8 Å². The molecule has 142 valence electrons. The molecule has 1 aromatic carbocycles. The average molecular weight is 371 g/mol. The van der Waals surface area contributed by atoms with Gasteiger partial charge in [0.05, 0.1) is 0 Å². The highest BCUT2D eigenvalue weighted by Gasteiger charge is 2.31. The normalized spacial score (nSPS) is 20.6. The lowest BCUT2D eigenvalue weighted by atomic mass is 9.93. The third-order valence-corrected chi connectivity index (χ3v) is 5.05. The summed E-state index contributed by atoms with van der Waals surface area (Å²) in [6.07, 6.45) is 5.67. The SMILES string of the molecule is O=C(C1CCNN1)N1CCC(c2nccnc2Oc2ccc(F)cc2)CC1. The minimum atomic E-state index is -0.314. The van der Waals surface area contributed by atoms with Crippen molar-refractivity contribution in [1.29, 1.82) is 0 Å². The van der Waals surface area contributed by atoms with Crippen molar-refractivity contribution in [3.8, 4) is 11.6 Å². The molecule has 1 aromatic heterocycles. The zero-order valence-corrected chi connectivity index (χ0v) is 14.9. The van der Waals surface area contributed by atoms with E-state index in [2.05, 4.69) is 20.8 Å². The van der Waals surface area contributed by atoms with Crippen molar-refractivity contribution in [3.63, 3.8) is 0 Å². The molecule has 2 fully saturated rings. The molecule has 3 heterocycles. The van der Waals surface area contributed by atoms with Gasteiger partial charge in [0.1, 0.15) is 23.3 Å². The zero-order valence-electron chi connectivity index (χ0n) is 14.9. The molecule has 2 N–H and O–H groups in total. The number of ether oxygens (including phenoxy) is 1. The summed E-state index contributed by atoms with van der Waals surface area (Å²) in [5.74, 6) is 0.972. The second-order valence-corrected chi connectivity index (χ2v) is 6.81. The second-order valence-electron chi connectivity index (χ2n) is 6.81. The zero-order chi connectivity index (χ0) is 18.6. The number of carbonyl (C=O) groups excluding carboxylic acids is 1. The molecule has 2 aliphatic rings. The molecule has 7 nitrogen and oxygen atoms in total. The number of piperidine rings is 1. The summed E-state index contributed by atoms with van der Waals surface area (Å²) in [5.41, 5.74) is 6.82. The Morgan fingerprint density at radius 1 is 1.11 bits per heavy atom.